The smallest absolute Gasteiger partial charge is 0.321 e. The summed E-state index contributed by atoms with van der Waals surface area (Å²) in [5.41, 5.74) is 0. The van der Waals surface area contributed by atoms with Crippen LogP contribution in [0.5, 0.6) is 0 Å². The van der Waals surface area contributed by atoms with Crippen molar-refractivity contribution in [3.63, 3.8) is 0 Å². The Morgan fingerprint density at radius 1 is 1.17 bits per heavy atom. The van der Waals surface area contributed by atoms with Gasteiger partial charge in [-0.05, 0) is 29.3 Å². The summed E-state index contributed by atoms with van der Waals surface area (Å²) >= 11 is 3.29. The molecule has 0 radical (unpaired) electrons. The van der Waals surface area contributed by atoms with Crippen molar-refractivity contribution < 1.29 is 9.59 Å². The second-order valence-corrected chi connectivity index (χ2v) is 7.24. The average Bonchev–Trinajstić information content (AvgIpc) is 3.21. The van der Waals surface area contributed by atoms with E-state index in [0.717, 1.165) is 6.42 Å². The number of hydrogen-bond donors (Lipinski definition) is 2. The molecule has 0 aliphatic carbocycles. The Morgan fingerprint density at radius 3 is 2.50 bits per heavy atom. The van der Waals surface area contributed by atoms with Gasteiger partial charge in [0.15, 0.2) is 0 Å². The topological polar surface area (TPSA) is 61.4 Å². The van der Waals surface area contributed by atoms with E-state index in [2.05, 4.69) is 17.2 Å². The van der Waals surface area contributed by atoms with E-state index in [9.17, 15) is 9.59 Å². The minimum atomic E-state index is -0.453. The lowest BCUT2D eigenvalue weighted by Crippen LogP contribution is -2.44. The zero-order valence-corrected chi connectivity index (χ0v) is 15.0. The third-order valence-electron chi connectivity index (χ3n) is 3.20. The van der Waals surface area contributed by atoms with Crippen LogP contribution >= 0.6 is 22.7 Å². The fourth-order valence-corrected chi connectivity index (χ4v) is 3.61. The molecule has 2 aromatic heterocycles. The highest BCUT2D eigenvalue weighted by Crippen LogP contribution is 2.11. The summed E-state index contributed by atoms with van der Waals surface area (Å²) in [6.45, 7) is 5.63. The third-order valence-corrected chi connectivity index (χ3v) is 5.00. The molecule has 0 aromatic carbocycles. The minimum absolute atomic E-state index is 0.155. The Hall–Kier alpha value is -1.96. The molecule has 2 N–H and O–H groups in total. The first-order chi connectivity index (χ1) is 11.7. The van der Waals surface area contributed by atoms with Crippen LogP contribution in [0, 0.1) is 0 Å². The first-order valence-corrected chi connectivity index (χ1v) is 9.39. The first kappa shape index (κ1) is 18.4. The quantitative estimate of drug-likeness (QED) is 0.674. The maximum absolute atomic E-state index is 12.0. The summed E-state index contributed by atoms with van der Waals surface area (Å²) in [4.78, 5) is 28.1. The van der Waals surface area contributed by atoms with Gasteiger partial charge in [-0.25, -0.2) is 4.79 Å². The van der Waals surface area contributed by atoms with E-state index >= 15 is 0 Å². The maximum atomic E-state index is 12.0. The highest BCUT2D eigenvalue weighted by molar-refractivity contribution is 7.10. The van der Waals surface area contributed by atoms with Crippen molar-refractivity contribution in [2.45, 2.75) is 13.0 Å². The molecule has 128 valence electrons. The SMILES string of the molecule is C=CCN(CC(=O)NC(=O)NCCc1cccs1)Cc1cccs1. The number of amides is 3. The highest BCUT2D eigenvalue weighted by Gasteiger charge is 2.13. The molecular formula is C17H21N3O2S2. The summed E-state index contributed by atoms with van der Waals surface area (Å²) in [6, 6.07) is 7.55. The van der Waals surface area contributed by atoms with Gasteiger partial charge in [0.1, 0.15) is 0 Å². The van der Waals surface area contributed by atoms with Crippen molar-refractivity contribution in [1.82, 2.24) is 15.5 Å². The van der Waals surface area contributed by atoms with Gasteiger partial charge in [0.2, 0.25) is 5.91 Å². The predicted molar refractivity (Wildman–Crippen MR) is 99.4 cm³/mol. The van der Waals surface area contributed by atoms with Gasteiger partial charge in [0.05, 0.1) is 6.54 Å². The van der Waals surface area contributed by atoms with Gasteiger partial charge < -0.3 is 5.32 Å². The average molecular weight is 364 g/mol. The van der Waals surface area contributed by atoms with Gasteiger partial charge in [-0.3, -0.25) is 15.0 Å². The lowest BCUT2D eigenvalue weighted by atomic mass is 10.3. The molecule has 2 rings (SSSR count). The van der Waals surface area contributed by atoms with Gasteiger partial charge in [0, 0.05) is 29.4 Å². The second-order valence-electron chi connectivity index (χ2n) is 5.17. The molecule has 0 bridgehead atoms. The molecule has 0 aliphatic heterocycles. The summed E-state index contributed by atoms with van der Waals surface area (Å²) in [5, 5.41) is 9.08. The van der Waals surface area contributed by atoms with Gasteiger partial charge in [-0.15, -0.1) is 29.3 Å². The summed E-state index contributed by atoms with van der Waals surface area (Å²) in [5.74, 6) is -0.318. The van der Waals surface area contributed by atoms with E-state index in [4.69, 9.17) is 0 Å². The van der Waals surface area contributed by atoms with Crippen molar-refractivity contribution in [2.75, 3.05) is 19.6 Å². The summed E-state index contributed by atoms with van der Waals surface area (Å²) in [6.07, 6.45) is 2.52. The van der Waals surface area contributed by atoms with Crippen LogP contribution in [0.2, 0.25) is 0 Å². The number of rotatable bonds is 9. The summed E-state index contributed by atoms with van der Waals surface area (Å²) in [7, 11) is 0. The molecule has 2 heterocycles. The van der Waals surface area contributed by atoms with E-state index in [-0.39, 0.29) is 12.5 Å². The zero-order valence-electron chi connectivity index (χ0n) is 13.4. The van der Waals surface area contributed by atoms with E-state index < -0.39 is 6.03 Å². The van der Waals surface area contributed by atoms with Crippen molar-refractivity contribution in [3.05, 3.63) is 57.4 Å². The maximum Gasteiger partial charge on any atom is 0.321 e. The molecule has 3 amide bonds. The standard InChI is InChI=1S/C17H21N3O2S2/c1-2-9-20(12-15-6-4-11-24-15)13-16(21)19-17(22)18-8-7-14-5-3-10-23-14/h2-6,10-11H,1,7-9,12-13H2,(H2,18,19,21,22). The Kier molecular flexibility index (Phi) is 7.67. The predicted octanol–water partition coefficient (Wildman–Crippen LogP) is 2.87. The van der Waals surface area contributed by atoms with Crippen molar-refractivity contribution in [3.8, 4) is 0 Å². The van der Waals surface area contributed by atoms with Crippen LogP contribution in [-0.4, -0.2) is 36.5 Å². The Morgan fingerprint density at radius 2 is 1.88 bits per heavy atom. The molecule has 0 unspecified atom stereocenters. The monoisotopic (exact) mass is 363 g/mol. The molecule has 24 heavy (non-hydrogen) atoms. The number of nitrogens with zero attached hydrogens (tertiary/aromatic N) is 1. The van der Waals surface area contributed by atoms with Crippen LogP contribution < -0.4 is 10.6 Å². The normalized spacial score (nSPS) is 10.5. The molecule has 2 aromatic rings. The number of imide groups is 1. The van der Waals surface area contributed by atoms with E-state index in [1.807, 2.05) is 39.9 Å². The molecule has 0 atom stereocenters. The lowest BCUT2D eigenvalue weighted by Gasteiger charge is -2.19. The van der Waals surface area contributed by atoms with Crippen molar-refractivity contribution in [1.29, 1.82) is 0 Å². The highest BCUT2D eigenvalue weighted by atomic mass is 32.1. The molecule has 7 heteroatoms. The largest absolute Gasteiger partial charge is 0.337 e. The van der Waals surface area contributed by atoms with Crippen molar-refractivity contribution in [2.24, 2.45) is 0 Å². The van der Waals surface area contributed by atoms with Crippen LogP contribution in [-0.2, 0) is 17.8 Å². The van der Waals surface area contributed by atoms with E-state index in [1.165, 1.54) is 9.75 Å². The van der Waals surface area contributed by atoms with Gasteiger partial charge in [0.25, 0.3) is 0 Å². The van der Waals surface area contributed by atoms with E-state index in [0.29, 0.717) is 19.6 Å². The van der Waals surface area contributed by atoms with Gasteiger partial charge in [-0.2, -0.15) is 0 Å². The molecule has 0 saturated carbocycles. The molecule has 0 aliphatic rings. The Balaban J connectivity index is 1.71. The van der Waals surface area contributed by atoms with Crippen LogP contribution in [0.15, 0.2) is 47.7 Å². The first-order valence-electron chi connectivity index (χ1n) is 7.63. The van der Waals surface area contributed by atoms with Gasteiger partial charge >= 0.3 is 6.03 Å². The van der Waals surface area contributed by atoms with Crippen LogP contribution in [0.3, 0.4) is 0 Å². The van der Waals surface area contributed by atoms with Crippen LogP contribution in [0.1, 0.15) is 9.75 Å². The minimum Gasteiger partial charge on any atom is -0.337 e. The fourth-order valence-electron chi connectivity index (χ4n) is 2.16. The number of urea groups is 1. The Bertz CT molecular complexity index is 639. The van der Waals surface area contributed by atoms with Crippen LogP contribution in [0.25, 0.3) is 0 Å². The van der Waals surface area contributed by atoms with Crippen LogP contribution in [0.4, 0.5) is 4.79 Å². The summed E-state index contributed by atoms with van der Waals surface area (Å²) < 4.78 is 0. The number of hydrogen-bond acceptors (Lipinski definition) is 5. The molecule has 0 fully saturated rings. The van der Waals surface area contributed by atoms with Crippen molar-refractivity contribution >= 4 is 34.6 Å². The molecule has 0 saturated heterocycles. The number of nitrogens with one attached hydrogen (secondary N) is 2. The molecule has 0 spiro atoms. The second kappa shape index (κ2) is 10.0. The number of carbonyl (C=O) groups excluding carboxylic acids is 2. The molecule has 5 nitrogen and oxygen atoms in total. The van der Waals surface area contributed by atoms with E-state index in [1.54, 1.807) is 28.7 Å². The number of carbonyl (C=O) groups is 2. The fraction of sp³-hybridized carbons (Fsp3) is 0.294. The zero-order chi connectivity index (χ0) is 17.2. The lowest BCUT2D eigenvalue weighted by molar-refractivity contribution is -0.121. The van der Waals surface area contributed by atoms with Gasteiger partial charge in [-0.1, -0.05) is 18.2 Å². The molecular weight excluding hydrogens is 342 g/mol. The Labute approximate surface area is 150 Å². The third kappa shape index (κ3) is 6.66. The number of thiophene rings is 2.